The van der Waals surface area contributed by atoms with E-state index in [1.165, 1.54) is 0 Å². The standard InChI is InChI=1S/C16H19N5O/c1-17-14-7-9-19-16(20-14)21-10-4-5-12(11-21)15(22)13-6-2-3-8-18-13/h2-3,6-9,12H,4-5,10-11H2,1H3,(H,17,19,20). The van der Waals surface area contributed by atoms with Gasteiger partial charge in [0.1, 0.15) is 11.5 Å². The van der Waals surface area contributed by atoms with Crippen molar-refractivity contribution in [2.75, 3.05) is 30.4 Å². The van der Waals surface area contributed by atoms with Crippen LogP contribution >= 0.6 is 0 Å². The van der Waals surface area contributed by atoms with E-state index in [0.717, 1.165) is 25.2 Å². The summed E-state index contributed by atoms with van der Waals surface area (Å²) in [5.41, 5.74) is 0.541. The minimum atomic E-state index is -0.0505. The van der Waals surface area contributed by atoms with Gasteiger partial charge in [0, 0.05) is 38.4 Å². The second-order valence-electron chi connectivity index (χ2n) is 5.36. The first-order chi connectivity index (χ1) is 10.8. The van der Waals surface area contributed by atoms with Gasteiger partial charge >= 0.3 is 0 Å². The molecule has 2 aromatic rings. The van der Waals surface area contributed by atoms with Crippen molar-refractivity contribution in [1.29, 1.82) is 0 Å². The fourth-order valence-electron chi connectivity index (χ4n) is 2.73. The zero-order valence-corrected chi connectivity index (χ0v) is 12.6. The molecular weight excluding hydrogens is 278 g/mol. The van der Waals surface area contributed by atoms with Crippen LogP contribution < -0.4 is 10.2 Å². The average molecular weight is 297 g/mol. The number of carbonyl (C=O) groups excluding carboxylic acids is 1. The Kier molecular flexibility index (Phi) is 4.27. The molecule has 3 heterocycles. The molecule has 22 heavy (non-hydrogen) atoms. The summed E-state index contributed by atoms with van der Waals surface area (Å²) in [6.45, 7) is 1.52. The number of piperidine rings is 1. The molecule has 1 aliphatic rings. The normalized spacial score (nSPS) is 18.0. The Labute approximate surface area is 129 Å². The largest absolute Gasteiger partial charge is 0.373 e. The molecule has 3 rings (SSSR count). The van der Waals surface area contributed by atoms with Crippen LogP contribution in [0, 0.1) is 5.92 Å². The summed E-state index contributed by atoms with van der Waals surface area (Å²) in [5, 5.41) is 3.01. The lowest BCUT2D eigenvalue weighted by molar-refractivity contribution is 0.0902. The molecule has 1 aliphatic heterocycles. The van der Waals surface area contributed by atoms with Crippen LogP contribution in [-0.4, -0.2) is 40.9 Å². The highest BCUT2D eigenvalue weighted by Gasteiger charge is 2.28. The van der Waals surface area contributed by atoms with Crippen LogP contribution in [0.4, 0.5) is 11.8 Å². The van der Waals surface area contributed by atoms with Gasteiger partial charge in [-0.1, -0.05) is 6.07 Å². The number of nitrogens with zero attached hydrogens (tertiary/aromatic N) is 4. The number of rotatable bonds is 4. The monoisotopic (exact) mass is 297 g/mol. The molecule has 1 fully saturated rings. The zero-order valence-electron chi connectivity index (χ0n) is 12.6. The van der Waals surface area contributed by atoms with Gasteiger partial charge in [0.05, 0.1) is 0 Å². The molecule has 0 radical (unpaired) electrons. The summed E-state index contributed by atoms with van der Waals surface area (Å²) in [6.07, 6.45) is 5.24. The predicted octanol–water partition coefficient (Wildman–Crippen LogP) is 2.01. The molecule has 0 aliphatic carbocycles. The summed E-state index contributed by atoms with van der Waals surface area (Å²) in [5.74, 6) is 1.51. The van der Waals surface area contributed by atoms with Gasteiger partial charge in [0.2, 0.25) is 5.95 Å². The molecule has 114 valence electrons. The first kappa shape index (κ1) is 14.4. The molecule has 1 saturated heterocycles. The Morgan fingerprint density at radius 3 is 2.95 bits per heavy atom. The summed E-state index contributed by atoms with van der Waals surface area (Å²) in [4.78, 5) is 27.6. The number of anilines is 2. The average Bonchev–Trinajstić information content (AvgIpc) is 2.62. The summed E-state index contributed by atoms with van der Waals surface area (Å²) in [6, 6.07) is 7.27. The van der Waals surface area contributed by atoms with Crippen molar-refractivity contribution in [3.8, 4) is 0 Å². The van der Waals surface area contributed by atoms with Crippen LogP contribution in [0.1, 0.15) is 23.3 Å². The molecule has 1 unspecified atom stereocenters. The van der Waals surface area contributed by atoms with E-state index in [4.69, 9.17) is 0 Å². The first-order valence-corrected chi connectivity index (χ1v) is 7.49. The number of nitrogens with one attached hydrogen (secondary N) is 1. The summed E-state index contributed by atoms with van der Waals surface area (Å²) in [7, 11) is 1.83. The van der Waals surface area contributed by atoms with Gasteiger partial charge in [-0.25, -0.2) is 4.98 Å². The van der Waals surface area contributed by atoms with E-state index >= 15 is 0 Å². The van der Waals surface area contributed by atoms with E-state index in [1.54, 1.807) is 18.5 Å². The highest BCUT2D eigenvalue weighted by atomic mass is 16.1. The fraction of sp³-hybridized carbons (Fsp3) is 0.375. The first-order valence-electron chi connectivity index (χ1n) is 7.49. The van der Waals surface area contributed by atoms with Gasteiger partial charge in [-0.3, -0.25) is 9.78 Å². The van der Waals surface area contributed by atoms with E-state index in [0.29, 0.717) is 18.2 Å². The smallest absolute Gasteiger partial charge is 0.227 e. The molecular formula is C16H19N5O. The Morgan fingerprint density at radius 2 is 2.18 bits per heavy atom. The zero-order chi connectivity index (χ0) is 15.4. The van der Waals surface area contributed by atoms with E-state index in [9.17, 15) is 4.79 Å². The molecule has 2 aromatic heterocycles. The van der Waals surface area contributed by atoms with Crippen molar-refractivity contribution < 1.29 is 4.79 Å². The number of ketones is 1. The van der Waals surface area contributed by atoms with Crippen LogP contribution in [0.3, 0.4) is 0 Å². The van der Waals surface area contributed by atoms with Crippen LogP contribution in [0.15, 0.2) is 36.7 Å². The van der Waals surface area contributed by atoms with Crippen molar-refractivity contribution in [2.45, 2.75) is 12.8 Å². The van der Waals surface area contributed by atoms with Crippen molar-refractivity contribution >= 4 is 17.5 Å². The van der Waals surface area contributed by atoms with Gasteiger partial charge in [-0.15, -0.1) is 0 Å². The van der Waals surface area contributed by atoms with E-state index in [-0.39, 0.29) is 11.7 Å². The highest BCUT2D eigenvalue weighted by molar-refractivity contribution is 5.96. The molecule has 6 heteroatoms. The maximum Gasteiger partial charge on any atom is 0.227 e. The van der Waals surface area contributed by atoms with E-state index in [2.05, 4.69) is 25.2 Å². The van der Waals surface area contributed by atoms with Crippen molar-refractivity contribution in [3.63, 3.8) is 0 Å². The molecule has 0 amide bonds. The predicted molar refractivity (Wildman–Crippen MR) is 85.1 cm³/mol. The third-order valence-electron chi connectivity index (χ3n) is 3.89. The van der Waals surface area contributed by atoms with Crippen LogP contribution in [0.5, 0.6) is 0 Å². The topological polar surface area (TPSA) is 71.0 Å². The Hall–Kier alpha value is -2.50. The molecule has 0 spiro atoms. The fourth-order valence-corrected chi connectivity index (χ4v) is 2.73. The van der Waals surface area contributed by atoms with E-state index in [1.807, 2.05) is 25.2 Å². The minimum absolute atomic E-state index is 0.0505. The third-order valence-corrected chi connectivity index (χ3v) is 3.89. The lowest BCUT2D eigenvalue weighted by atomic mass is 9.92. The second kappa shape index (κ2) is 6.51. The van der Waals surface area contributed by atoms with Crippen molar-refractivity contribution in [3.05, 3.63) is 42.4 Å². The number of aromatic nitrogens is 3. The number of hydrogen-bond acceptors (Lipinski definition) is 6. The highest BCUT2D eigenvalue weighted by Crippen LogP contribution is 2.23. The lowest BCUT2D eigenvalue weighted by Gasteiger charge is -2.31. The second-order valence-corrected chi connectivity index (χ2v) is 5.36. The number of hydrogen-bond donors (Lipinski definition) is 1. The van der Waals surface area contributed by atoms with Gasteiger partial charge in [-0.05, 0) is 31.0 Å². The summed E-state index contributed by atoms with van der Waals surface area (Å²) >= 11 is 0. The number of pyridine rings is 1. The Bertz CT molecular complexity index is 646. The maximum atomic E-state index is 12.6. The SMILES string of the molecule is CNc1ccnc(N2CCCC(C(=O)c3ccccn3)C2)n1. The van der Waals surface area contributed by atoms with Gasteiger partial charge < -0.3 is 10.2 Å². The number of Topliss-reactive ketones (excluding diaryl/α,β-unsaturated/α-hetero) is 1. The minimum Gasteiger partial charge on any atom is -0.373 e. The molecule has 0 saturated carbocycles. The van der Waals surface area contributed by atoms with Crippen LogP contribution in [0.25, 0.3) is 0 Å². The van der Waals surface area contributed by atoms with Gasteiger partial charge in [-0.2, -0.15) is 4.98 Å². The third kappa shape index (κ3) is 3.05. The van der Waals surface area contributed by atoms with Crippen molar-refractivity contribution in [2.24, 2.45) is 5.92 Å². The molecule has 6 nitrogen and oxygen atoms in total. The Morgan fingerprint density at radius 1 is 1.27 bits per heavy atom. The van der Waals surface area contributed by atoms with Gasteiger partial charge in [0.15, 0.2) is 5.78 Å². The molecule has 0 bridgehead atoms. The molecule has 0 aromatic carbocycles. The quantitative estimate of drug-likeness (QED) is 0.871. The number of carbonyl (C=O) groups is 1. The van der Waals surface area contributed by atoms with E-state index < -0.39 is 0 Å². The van der Waals surface area contributed by atoms with Crippen LogP contribution in [0.2, 0.25) is 0 Å². The lowest BCUT2D eigenvalue weighted by Crippen LogP contribution is -2.39. The van der Waals surface area contributed by atoms with Crippen molar-refractivity contribution in [1.82, 2.24) is 15.0 Å². The molecule has 1 atom stereocenters. The maximum absolute atomic E-state index is 12.6. The van der Waals surface area contributed by atoms with Crippen LogP contribution in [-0.2, 0) is 0 Å². The summed E-state index contributed by atoms with van der Waals surface area (Å²) < 4.78 is 0. The molecule has 1 N–H and O–H groups in total. The van der Waals surface area contributed by atoms with Gasteiger partial charge in [0.25, 0.3) is 0 Å². The Balaban J connectivity index is 1.75.